The maximum atomic E-state index is 11.3. The molecule has 0 atom stereocenters. The summed E-state index contributed by atoms with van der Waals surface area (Å²) in [5.74, 6) is 0.0449. The van der Waals surface area contributed by atoms with E-state index in [4.69, 9.17) is 0 Å². The summed E-state index contributed by atoms with van der Waals surface area (Å²) in [7, 11) is 1.32. The number of esters is 1. The molecule has 2 aromatic rings. The molecule has 0 saturated carbocycles. The fourth-order valence-electron chi connectivity index (χ4n) is 1.62. The van der Waals surface area contributed by atoms with E-state index in [0.29, 0.717) is 5.92 Å². The zero-order valence-corrected chi connectivity index (χ0v) is 12.5. The Balaban J connectivity index is 2.08. The lowest BCUT2D eigenvalue weighted by atomic mass is 10.0. The van der Waals surface area contributed by atoms with Gasteiger partial charge in [-0.3, -0.25) is 0 Å². The van der Waals surface area contributed by atoms with Crippen molar-refractivity contribution < 1.29 is 9.53 Å². The Hall–Kier alpha value is -1.88. The van der Waals surface area contributed by atoms with Gasteiger partial charge in [-0.1, -0.05) is 37.7 Å². The van der Waals surface area contributed by atoms with Gasteiger partial charge in [-0.05, 0) is 23.6 Å². The summed E-state index contributed by atoms with van der Waals surface area (Å²) in [6, 6.07) is 8.36. The molecule has 20 heavy (non-hydrogen) atoms. The average Bonchev–Trinajstić information content (AvgIpc) is 2.48. The number of hydrogen-bond acceptors (Lipinski definition) is 5. The standard InChI is InChI=1S/C15H16N2O2S/c1-10(2)11-4-6-12(7-5-11)20-14-9-16-13(8-17-14)15(18)19-3/h4-10H,1-3H3. The highest BCUT2D eigenvalue weighted by Gasteiger charge is 2.08. The highest BCUT2D eigenvalue weighted by molar-refractivity contribution is 7.99. The van der Waals surface area contributed by atoms with Crippen molar-refractivity contribution in [2.24, 2.45) is 0 Å². The van der Waals surface area contributed by atoms with Crippen LogP contribution in [-0.2, 0) is 4.74 Å². The molecular formula is C15H16N2O2S. The van der Waals surface area contributed by atoms with Gasteiger partial charge in [0.2, 0.25) is 0 Å². The van der Waals surface area contributed by atoms with Gasteiger partial charge in [0, 0.05) is 4.90 Å². The second kappa shape index (κ2) is 6.52. The summed E-state index contributed by atoms with van der Waals surface area (Å²) in [6.07, 6.45) is 3.00. The lowest BCUT2D eigenvalue weighted by Gasteiger charge is -2.06. The molecule has 0 fully saturated rings. The Morgan fingerprint density at radius 1 is 1.15 bits per heavy atom. The van der Waals surface area contributed by atoms with E-state index < -0.39 is 5.97 Å². The van der Waals surface area contributed by atoms with E-state index in [1.165, 1.54) is 30.6 Å². The summed E-state index contributed by atoms with van der Waals surface area (Å²) in [5.41, 5.74) is 1.52. The molecular weight excluding hydrogens is 272 g/mol. The first-order valence-corrected chi connectivity index (χ1v) is 7.10. The third-order valence-corrected chi connectivity index (χ3v) is 3.72. The molecule has 1 heterocycles. The van der Waals surface area contributed by atoms with E-state index in [1.54, 1.807) is 6.20 Å². The molecule has 1 aromatic heterocycles. The quantitative estimate of drug-likeness (QED) is 0.805. The molecule has 0 unspecified atom stereocenters. The van der Waals surface area contributed by atoms with E-state index in [0.717, 1.165) is 9.92 Å². The van der Waals surface area contributed by atoms with Crippen LogP contribution in [0.3, 0.4) is 0 Å². The first kappa shape index (κ1) is 14.5. The van der Waals surface area contributed by atoms with Crippen molar-refractivity contribution in [2.45, 2.75) is 29.7 Å². The molecule has 1 aromatic carbocycles. The van der Waals surface area contributed by atoms with Crippen LogP contribution in [-0.4, -0.2) is 23.0 Å². The minimum atomic E-state index is -0.477. The molecule has 4 nitrogen and oxygen atoms in total. The number of hydrogen-bond donors (Lipinski definition) is 0. The lowest BCUT2D eigenvalue weighted by Crippen LogP contribution is -2.04. The fraction of sp³-hybridized carbons (Fsp3) is 0.267. The maximum absolute atomic E-state index is 11.3. The van der Waals surface area contributed by atoms with Crippen LogP contribution in [0.1, 0.15) is 35.8 Å². The van der Waals surface area contributed by atoms with Gasteiger partial charge < -0.3 is 4.74 Å². The third-order valence-electron chi connectivity index (χ3n) is 2.79. The topological polar surface area (TPSA) is 52.1 Å². The molecule has 0 aliphatic heterocycles. The molecule has 0 radical (unpaired) electrons. The Bertz CT molecular complexity index is 580. The number of methoxy groups -OCH3 is 1. The van der Waals surface area contributed by atoms with Gasteiger partial charge in [-0.2, -0.15) is 0 Å². The predicted octanol–water partition coefficient (Wildman–Crippen LogP) is 3.54. The number of ether oxygens (including phenoxy) is 1. The molecule has 0 aliphatic carbocycles. The molecule has 5 heteroatoms. The van der Waals surface area contributed by atoms with Crippen molar-refractivity contribution in [2.75, 3.05) is 7.11 Å². The van der Waals surface area contributed by atoms with Crippen molar-refractivity contribution >= 4 is 17.7 Å². The van der Waals surface area contributed by atoms with Crippen molar-refractivity contribution in [1.82, 2.24) is 9.97 Å². The summed E-state index contributed by atoms with van der Waals surface area (Å²) >= 11 is 1.51. The lowest BCUT2D eigenvalue weighted by molar-refractivity contribution is 0.0593. The molecule has 0 saturated heterocycles. The minimum Gasteiger partial charge on any atom is -0.464 e. The van der Waals surface area contributed by atoms with E-state index in [-0.39, 0.29) is 5.69 Å². The normalized spacial score (nSPS) is 10.6. The van der Waals surface area contributed by atoms with E-state index in [2.05, 4.69) is 52.8 Å². The highest BCUT2D eigenvalue weighted by atomic mass is 32.2. The molecule has 0 spiro atoms. The predicted molar refractivity (Wildman–Crippen MR) is 78.0 cm³/mol. The van der Waals surface area contributed by atoms with E-state index in [1.807, 2.05) is 0 Å². The van der Waals surface area contributed by atoms with E-state index in [9.17, 15) is 4.79 Å². The van der Waals surface area contributed by atoms with Crippen LogP contribution < -0.4 is 0 Å². The van der Waals surface area contributed by atoms with Gasteiger partial charge in [-0.25, -0.2) is 14.8 Å². The third kappa shape index (κ3) is 3.57. The molecule has 0 N–H and O–H groups in total. The monoisotopic (exact) mass is 288 g/mol. The maximum Gasteiger partial charge on any atom is 0.358 e. The Morgan fingerprint density at radius 2 is 1.85 bits per heavy atom. The summed E-state index contributed by atoms with van der Waals surface area (Å²) in [6.45, 7) is 4.33. The van der Waals surface area contributed by atoms with Crippen LogP contribution in [0, 0.1) is 0 Å². The number of benzene rings is 1. The van der Waals surface area contributed by atoms with Crippen LogP contribution in [0.5, 0.6) is 0 Å². The van der Waals surface area contributed by atoms with Gasteiger partial charge in [0.15, 0.2) is 5.69 Å². The second-order valence-corrected chi connectivity index (χ2v) is 5.65. The Kier molecular flexibility index (Phi) is 4.74. The molecule has 0 aliphatic rings. The molecule has 0 amide bonds. The largest absolute Gasteiger partial charge is 0.464 e. The van der Waals surface area contributed by atoms with Crippen molar-refractivity contribution in [1.29, 1.82) is 0 Å². The number of aromatic nitrogens is 2. The van der Waals surface area contributed by atoms with Crippen LogP contribution in [0.4, 0.5) is 0 Å². The molecule has 0 bridgehead atoms. The first-order chi connectivity index (χ1) is 9.60. The minimum absolute atomic E-state index is 0.215. The van der Waals surface area contributed by atoms with Crippen LogP contribution in [0.25, 0.3) is 0 Å². The smallest absolute Gasteiger partial charge is 0.358 e. The number of carbonyl (C=O) groups is 1. The molecule has 104 valence electrons. The Morgan fingerprint density at radius 3 is 2.35 bits per heavy atom. The average molecular weight is 288 g/mol. The summed E-state index contributed by atoms with van der Waals surface area (Å²) in [4.78, 5) is 20.6. The van der Waals surface area contributed by atoms with Crippen molar-refractivity contribution in [3.05, 3.63) is 47.9 Å². The van der Waals surface area contributed by atoms with Gasteiger partial charge in [-0.15, -0.1) is 0 Å². The fourth-order valence-corrected chi connectivity index (χ4v) is 2.34. The molecule has 2 rings (SSSR count). The SMILES string of the molecule is COC(=O)c1cnc(Sc2ccc(C(C)C)cc2)cn1. The zero-order chi connectivity index (χ0) is 14.5. The van der Waals surface area contributed by atoms with Crippen molar-refractivity contribution in [3.63, 3.8) is 0 Å². The van der Waals surface area contributed by atoms with Gasteiger partial charge in [0.05, 0.1) is 19.5 Å². The Labute approximate surface area is 122 Å². The number of carbonyl (C=O) groups excluding carboxylic acids is 1. The summed E-state index contributed by atoms with van der Waals surface area (Å²) < 4.78 is 4.58. The highest BCUT2D eigenvalue weighted by Crippen LogP contribution is 2.26. The van der Waals surface area contributed by atoms with Gasteiger partial charge in [0.1, 0.15) is 5.03 Å². The number of rotatable bonds is 4. The van der Waals surface area contributed by atoms with Gasteiger partial charge >= 0.3 is 5.97 Å². The van der Waals surface area contributed by atoms with Gasteiger partial charge in [0.25, 0.3) is 0 Å². The number of nitrogens with zero attached hydrogens (tertiary/aromatic N) is 2. The van der Waals surface area contributed by atoms with Crippen LogP contribution >= 0.6 is 11.8 Å². The first-order valence-electron chi connectivity index (χ1n) is 6.28. The second-order valence-electron chi connectivity index (χ2n) is 4.56. The zero-order valence-electron chi connectivity index (χ0n) is 11.7. The van der Waals surface area contributed by atoms with Crippen molar-refractivity contribution in [3.8, 4) is 0 Å². The van der Waals surface area contributed by atoms with E-state index >= 15 is 0 Å². The van der Waals surface area contributed by atoms with Crippen LogP contribution in [0.2, 0.25) is 0 Å². The summed E-state index contributed by atoms with van der Waals surface area (Å²) in [5, 5.41) is 0.745. The van der Waals surface area contributed by atoms with Crippen LogP contribution in [0.15, 0.2) is 46.6 Å².